The standard InChI is InChI=1S/C14H22N4/c15-12-6-3-7-18(9-12)14-8-13(16-10-17-14)11-4-1-2-5-11/h8,10-12H,1-7,9,15H2. The molecule has 1 aliphatic heterocycles. The highest BCUT2D eigenvalue weighted by molar-refractivity contribution is 5.40. The van der Waals surface area contributed by atoms with Crippen LogP contribution in [-0.2, 0) is 0 Å². The summed E-state index contributed by atoms with van der Waals surface area (Å²) in [6.07, 6.45) is 9.30. The fourth-order valence-electron chi connectivity index (χ4n) is 3.20. The average Bonchev–Trinajstić information content (AvgIpc) is 2.93. The van der Waals surface area contributed by atoms with Gasteiger partial charge in [-0.1, -0.05) is 12.8 Å². The van der Waals surface area contributed by atoms with Gasteiger partial charge in [0.2, 0.25) is 0 Å². The number of hydrogen-bond acceptors (Lipinski definition) is 4. The van der Waals surface area contributed by atoms with E-state index in [0.29, 0.717) is 12.0 Å². The zero-order valence-electron chi connectivity index (χ0n) is 10.9. The van der Waals surface area contributed by atoms with Crippen LogP contribution in [0.5, 0.6) is 0 Å². The molecule has 98 valence electrons. The van der Waals surface area contributed by atoms with E-state index in [9.17, 15) is 0 Å². The second kappa shape index (κ2) is 5.22. The van der Waals surface area contributed by atoms with Crippen LogP contribution in [-0.4, -0.2) is 29.1 Å². The number of nitrogens with zero attached hydrogens (tertiary/aromatic N) is 3. The van der Waals surface area contributed by atoms with Gasteiger partial charge in [0.15, 0.2) is 0 Å². The molecule has 18 heavy (non-hydrogen) atoms. The second-order valence-corrected chi connectivity index (χ2v) is 5.63. The number of rotatable bonds is 2. The number of hydrogen-bond donors (Lipinski definition) is 1. The van der Waals surface area contributed by atoms with Crippen molar-refractivity contribution in [1.82, 2.24) is 9.97 Å². The summed E-state index contributed by atoms with van der Waals surface area (Å²) in [6, 6.07) is 2.48. The summed E-state index contributed by atoms with van der Waals surface area (Å²) < 4.78 is 0. The Labute approximate surface area is 109 Å². The van der Waals surface area contributed by atoms with E-state index in [1.54, 1.807) is 6.33 Å². The van der Waals surface area contributed by atoms with E-state index in [2.05, 4.69) is 20.9 Å². The molecule has 1 aromatic heterocycles. The summed E-state index contributed by atoms with van der Waals surface area (Å²) in [5.74, 6) is 1.73. The summed E-state index contributed by atoms with van der Waals surface area (Å²) in [4.78, 5) is 11.2. The van der Waals surface area contributed by atoms with Gasteiger partial charge in [-0.05, 0) is 25.7 Å². The molecule has 2 N–H and O–H groups in total. The van der Waals surface area contributed by atoms with E-state index in [1.165, 1.54) is 37.8 Å². The zero-order valence-corrected chi connectivity index (χ0v) is 10.9. The molecule has 3 rings (SSSR count). The Morgan fingerprint density at radius 2 is 1.94 bits per heavy atom. The smallest absolute Gasteiger partial charge is 0.132 e. The molecule has 4 nitrogen and oxygen atoms in total. The van der Waals surface area contributed by atoms with Gasteiger partial charge in [0.1, 0.15) is 12.1 Å². The quantitative estimate of drug-likeness (QED) is 0.868. The van der Waals surface area contributed by atoms with E-state index in [-0.39, 0.29) is 0 Å². The molecule has 0 amide bonds. The maximum absolute atomic E-state index is 6.04. The van der Waals surface area contributed by atoms with E-state index >= 15 is 0 Å². The number of nitrogens with two attached hydrogens (primary N) is 1. The van der Waals surface area contributed by atoms with Gasteiger partial charge >= 0.3 is 0 Å². The molecule has 0 aromatic carbocycles. The van der Waals surface area contributed by atoms with Crippen molar-refractivity contribution in [2.24, 2.45) is 5.73 Å². The average molecular weight is 246 g/mol. The Morgan fingerprint density at radius 1 is 1.11 bits per heavy atom. The monoisotopic (exact) mass is 246 g/mol. The lowest BCUT2D eigenvalue weighted by Gasteiger charge is -2.31. The first-order valence-electron chi connectivity index (χ1n) is 7.15. The summed E-state index contributed by atoms with van der Waals surface area (Å²) in [6.45, 7) is 2.01. The summed E-state index contributed by atoms with van der Waals surface area (Å²) in [5.41, 5.74) is 7.27. The van der Waals surface area contributed by atoms with E-state index in [0.717, 1.165) is 25.3 Å². The summed E-state index contributed by atoms with van der Waals surface area (Å²) >= 11 is 0. The third-order valence-corrected chi connectivity index (χ3v) is 4.23. The summed E-state index contributed by atoms with van der Waals surface area (Å²) in [7, 11) is 0. The minimum atomic E-state index is 0.295. The fraction of sp³-hybridized carbons (Fsp3) is 0.714. The zero-order chi connectivity index (χ0) is 12.4. The predicted octanol–water partition coefficient (Wildman–Crippen LogP) is 2.06. The Hall–Kier alpha value is -1.16. The third kappa shape index (κ3) is 2.48. The van der Waals surface area contributed by atoms with Crippen LogP contribution in [0, 0.1) is 0 Å². The lowest BCUT2D eigenvalue weighted by molar-refractivity contribution is 0.502. The van der Waals surface area contributed by atoms with Gasteiger partial charge in [0, 0.05) is 36.8 Å². The van der Waals surface area contributed by atoms with Crippen LogP contribution >= 0.6 is 0 Å². The van der Waals surface area contributed by atoms with Crippen LogP contribution < -0.4 is 10.6 Å². The van der Waals surface area contributed by atoms with E-state index < -0.39 is 0 Å². The molecular weight excluding hydrogens is 224 g/mol. The molecule has 2 heterocycles. The lowest BCUT2D eigenvalue weighted by atomic mass is 10.0. The Balaban J connectivity index is 1.77. The molecule has 2 fully saturated rings. The highest BCUT2D eigenvalue weighted by Crippen LogP contribution is 2.33. The first-order chi connectivity index (χ1) is 8.83. The second-order valence-electron chi connectivity index (χ2n) is 5.63. The normalized spacial score (nSPS) is 25.6. The third-order valence-electron chi connectivity index (χ3n) is 4.23. The highest BCUT2D eigenvalue weighted by atomic mass is 15.2. The van der Waals surface area contributed by atoms with Crippen molar-refractivity contribution in [3.63, 3.8) is 0 Å². The van der Waals surface area contributed by atoms with Gasteiger partial charge in [0.25, 0.3) is 0 Å². The van der Waals surface area contributed by atoms with Crippen LogP contribution in [0.15, 0.2) is 12.4 Å². The van der Waals surface area contributed by atoms with Crippen LogP contribution in [0.1, 0.15) is 50.1 Å². The molecule has 4 heteroatoms. The summed E-state index contributed by atoms with van der Waals surface area (Å²) in [5, 5.41) is 0. The van der Waals surface area contributed by atoms with E-state index in [4.69, 9.17) is 5.73 Å². The SMILES string of the molecule is NC1CCCN(c2cc(C3CCCC3)ncn2)C1. The van der Waals surface area contributed by atoms with Gasteiger partial charge in [-0.25, -0.2) is 9.97 Å². The van der Waals surface area contributed by atoms with Crippen LogP contribution in [0.25, 0.3) is 0 Å². The topological polar surface area (TPSA) is 55.0 Å². The number of piperidine rings is 1. The molecule has 0 bridgehead atoms. The molecule has 2 aliphatic rings. The Morgan fingerprint density at radius 3 is 2.72 bits per heavy atom. The fourth-order valence-corrected chi connectivity index (χ4v) is 3.20. The maximum atomic E-state index is 6.04. The molecular formula is C14H22N4. The van der Waals surface area contributed by atoms with Gasteiger partial charge < -0.3 is 10.6 Å². The minimum absolute atomic E-state index is 0.295. The van der Waals surface area contributed by atoms with E-state index in [1.807, 2.05) is 0 Å². The van der Waals surface area contributed by atoms with Gasteiger partial charge in [-0.15, -0.1) is 0 Å². The first kappa shape index (κ1) is 11.9. The largest absolute Gasteiger partial charge is 0.355 e. The van der Waals surface area contributed by atoms with Crippen molar-refractivity contribution in [2.45, 2.75) is 50.5 Å². The Kier molecular flexibility index (Phi) is 3.46. The maximum Gasteiger partial charge on any atom is 0.132 e. The van der Waals surface area contributed by atoms with Crippen molar-refractivity contribution in [3.8, 4) is 0 Å². The van der Waals surface area contributed by atoms with Crippen molar-refractivity contribution in [3.05, 3.63) is 18.1 Å². The molecule has 0 radical (unpaired) electrons. The lowest BCUT2D eigenvalue weighted by Crippen LogP contribution is -2.43. The van der Waals surface area contributed by atoms with Crippen LogP contribution in [0.4, 0.5) is 5.82 Å². The van der Waals surface area contributed by atoms with Crippen LogP contribution in [0.3, 0.4) is 0 Å². The van der Waals surface area contributed by atoms with Crippen molar-refractivity contribution in [1.29, 1.82) is 0 Å². The molecule has 0 spiro atoms. The van der Waals surface area contributed by atoms with Gasteiger partial charge in [-0.3, -0.25) is 0 Å². The molecule has 1 aliphatic carbocycles. The number of aromatic nitrogens is 2. The van der Waals surface area contributed by atoms with Crippen molar-refractivity contribution >= 4 is 5.82 Å². The van der Waals surface area contributed by atoms with Gasteiger partial charge in [0.05, 0.1) is 0 Å². The first-order valence-corrected chi connectivity index (χ1v) is 7.15. The van der Waals surface area contributed by atoms with Crippen molar-refractivity contribution < 1.29 is 0 Å². The van der Waals surface area contributed by atoms with Crippen LogP contribution in [0.2, 0.25) is 0 Å². The Bertz CT molecular complexity index is 401. The highest BCUT2D eigenvalue weighted by Gasteiger charge is 2.21. The number of anilines is 1. The minimum Gasteiger partial charge on any atom is -0.355 e. The molecule has 1 saturated heterocycles. The van der Waals surface area contributed by atoms with Gasteiger partial charge in [-0.2, -0.15) is 0 Å². The molecule has 1 saturated carbocycles. The molecule has 1 atom stereocenters. The van der Waals surface area contributed by atoms with Crippen molar-refractivity contribution in [2.75, 3.05) is 18.0 Å². The molecule has 1 unspecified atom stereocenters. The predicted molar refractivity (Wildman–Crippen MR) is 72.7 cm³/mol. The molecule has 1 aromatic rings.